The summed E-state index contributed by atoms with van der Waals surface area (Å²) in [4.78, 5) is 23.2. The number of rotatable bonds is 9. The number of nitrogens with zero attached hydrogens (tertiary/aromatic N) is 1. The monoisotopic (exact) mass is 283 g/mol. The number of esters is 1. The summed E-state index contributed by atoms with van der Waals surface area (Å²) in [6.45, 7) is 5.69. The number of carbonyl (C=O) groups excluding carboxylic acids is 1. The molecule has 1 rings (SSSR count). The highest BCUT2D eigenvalue weighted by molar-refractivity contribution is 5.69. The molecule has 6 nitrogen and oxygen atoms in total. The van der Waals surface area contributed by atoms with Crippen LogP contribution in [-0.2, 0) is 25.5 Å². The molecule has 0 aliphatic rings. The highest BCUT2D eigenvalue weighted by atomic mass is 16.6. The highest BCUT2D eigenvalue weighted by Crippen LogP contribution is 1.91. The molecule has 0 saturated heterocycles. The van der Waals surface area contributed by atoms with Gasteiger partial charge in [0.15, 0.2) is 0 Å². The van der Waals surface area contributed by atoms with E-state index in [1.807, 2.05) is 6.92 Å². The Morgan fingerprint density at radius 2 is 1.90 bits per heavy atom. The predicted molar refractivity (Wildman–Crippen MR) is 73.7 cm³/mol. The molecule has 0 radical (unpaired) electrons. The van der Waals surface area contributed by atoms with Crippen molar-refractivity contribution in [2.24, 2.45) is 0 Å². The van der Waals surface area contributed by atoms with Crippen molar-refractivity contribution in [3.8, 4) is 0 Å². The van der Waals surface area contributed by atoms with Crippen LogP contribution < -0.4 is 5.56 Å². The zero-order valence-corrected chi connectivity index (χ0v) is 12.0. The van der Waals surface area contributed by atoms with Crippen molar-refractivity contribution in [3.05, 3.63) is 34.2 Å². The van der Waals surface area contributed by atoms with E-state index in [4.69, 9.17) is 14.2 Å². The third kappa shape index (κ3) is 5.99. The van der Waals surface area contributed by atoms with Crippen molar-refractivity contribution >= 4 is 5.97 Å². The van der Waals surface area contributed by atoms with Crippen LogP contribution in [-0.4, -0.2) is 43.6 Å². The lowest BCUT2D eigenvalue weighted by molar-refractivity contribution is -0.146. The maximum absolute atomic E-state index is 11.7. The van der Waals surface area contributed by atoms with Gasteiger partial charge in [0, 0.05) is 18.4 Å². The quantitative estimate of drug-likeness (QED) is 0.494. The lowest BCUT2D eigenvalue weighted by Gasteiger charge is -2.08. The number of hydrogen-bond acceptors (Lipinski definition) is 5. The van der Waals surface area contributed by atoms with E-state index in [-0.39, 0.29) is 18.7 Å². The largest absolute Gasteiger partial charge is 0.462 e. The third-order valence-corrected chi connectivity index (χ3v) is 2.58. The summed E-state index contributed by atoms with van der Waals surface area (Å²) in [5.41, 5.74) is 0.414. The molecule has 0 fully saturated rings. The summed E-state index contributed by atoms with van der Waals surface area (Å²) in [5.74, 6) is -0.453. The van der Waals surface area contributed by atoms with E-state index < -0.39 is 5.97 Å². The lowest BCUT2D eigenvalue weighted by atomic mass is 10.3. The first-order valence-corrected chi connectivity index (χ1v) is 6.62. The minimum Gasteiger partial charge on any atom is -0.462 e. The second kappa shape index (κ2) is 9.28. The SMILES string of the molecule is CCOCCOCCOC(=O)Cn1cccc(C)c1=O. The van der Waals surface area contributed by atoms with Gasteiger partial charge in [0.2, 0.25) is 0 Å². The standard InChI is InChI=1S/C14H21NO5/c1-3-18-7-8-19-9-10-20-13(16)11-15-6-4-5-12(2)14(15)17/h4-6H,3,7-11H2,1-2H3. The van der Waals surface area contributed by atoms with Crippen LogP contribution in [0.2, 0.25) is 0 Å². The Balaban J connectivity index is 2.21. The Hall–Kier alpha value is -1.66. The molecule has 1 aromatic rings. The molecular weight excluding hydrogens is 262 g/mol. The van der Waals surface area contributed by atoms with E-state index in [2.05, 4.69) is 0 Å². The molecule has 0 unspecified atom stereocenters. The van der Waals surface area contributed by atoms with Gasteiger partial charge in [0.05, 0.1) is 19.8 Å². The molecule has 112 valence electrons. The summed E-state index contributed by atoms with van der Waals surface area (Å²) in [6.07, 6.45) is 1.56. The maximum atomic E-state index is 11.7. The second-order valence-corrected chi connectivity index (χ2v) is 4.15. The fourth-order valence-electron chi connectivity index (χ4n) is 1.54. The van der Waals surface area contributed by atoms with Crippen molar-refractivity contribution in [3.63, 3.8) is 0 Å². The van der Waals surface area contributed by atoms with Crippen molar-refractivity contribution in [2.45, 2.75) is 20.4 Å². The molecule has 0 N–H and O–H groups in total. The number of pyridine rings is 1. The van der Waals surface area contributed by atoms with Crippen molar-refractivity contribution in [1.29, 1.82) is 0 Å². The Kier molecular flexibility index (Phi) is 7.60. The fourth-order valence-corrected chi connectivity index (χ4v) is 1.54. The zero-order valence-electron chi connectivity index (χ0n) is 12.0. The van der Waals surface area contributed by atoms with Gasteiger partial charge in [0.25, 0.3) is 5.56 Å². The molecule has 1 aromatic heterocycles. The van der Waals surface area contributed by atoms with Crippen LogP contribution in [0.5, 0.6) is 0 Å². The van der Waals surface area contributed by atoms with E-state index in [1.54, 1.807) is 25.3 Å². The summed E-state index contributed by atoms with van der Waals surface area (Å²) < 4.78 is 16.6. The Bertz CT molecular complexity index is 469. The summed E-state index contributed by atoms with van der Waals surface area (Å²) in [7, 11) is 0. The Morgan fingerprint density at radius 3 is 2.65 bits per heavy atom. The lowest BCUT2D eigenvalue weighted by Crippen LogP contribution is -2.26. The van der Waals surface area contributed by atoms with E-state index in [1.165, 1.54) is 4.57 Å². The summed E-state index contributed by atoms with van der Waals surface area (Å²) >= 11 is 0. The van der Waals surface area contributed by atoms with Gasteiger partial charge in [-0.05, 0) is 19.9 Å². The number of aromatic nitrogens is 1. The molecule has 0 aliphatic heterocycles. The predicted octanol–water partition coefficient (Wildman–Crippen LogP) is 0.753. The maximum Gasteiger partial charge on any atom is 0.326 e. The van der Waals surface area contributed by atoms with Crippen LogP contribution in [0.15, 0.2) is 23.1 Å². The molecule has 20 heavy (non-hydrogen) atoms. The van der Waals surface area contributed by atoms with Gasteiger partial charge in [-0.25, -0.2) is 0 Å². The average molecular weight is 283 g/mol. The molecule has 1 heterocycles. The topological polar surface area (TPSA) is 66.8 Å². The van der Waals surface area contributed by atoms with Gasteiger partial charge in [-0.2, -0.15) is 0 Å². The third-order valence-electron chi connectivity index (χ3n) is 2.58. The first kappa shape index (κ1) is 16.4. The van der Waals surface area contributed by atoms with Crippen LogP contribution in [0.1, 0.15) is 12.5 Å². The van der Waals surface area contributed by atoms with Gasteiger partial charge in [-0.1, -0.05) is 6.07 Å². The number of hydrogen-bond donors (Lipinski definition) is 0. The van der Waals surface area contributed by atoms with Crippen LogP contribution in [0.25, 0.3) is 0 Å². The van der Waals surface area contributed by atoms with E-state index in [0.717, 1.165) is 0 Å². The van der Waals surface area contributed by atoms with Gasteiger partial charge in [-0.3, -0.25) is 9.59 Å². The van der Waals surface area contributed by atoms with Crippen LogP contribution in [0.3, 0.4) is 0 Å². The van der Waals surface area contributed by atoms with Gasteiger partial charge in [-0.15, -0.1) is 0 Å². The zero-order chi connectivity index (χ0) is 14.8. The normalized spacial score (nSPS) is 10.5. The summed E-state index contributed by atoms with van der Waals surface area (Å²) in [6, 6.07) is 3.43. The molecule has 0 aromatic carbocycles. The highest BCUT2D eigenvalue weighted by Gasteiger charge is 2.06. The molecule has 0 aliphatic carbocycles. The van der Waals surface area contributed by atoms with Crippen molar-refractivity contribution < 1.29 is 19.0 Å². The fraction of sp³-hybridized carbons (Fsp3) is 0.571. The van der Waals surface area contributed by atoms with Gasteiger partial charge < -0.3 is 18.8 Å². The Morgan fingerprint density at radius 1 is 1.20 bits per heavy atom. The van der Waals surface area contributed by atoms with Gasteiger partial charge >= 0.3 is 5.97 Å². The molecule has 0 spiro atoms. The molecule has 0 bridgehead atoms. The number of ether oxygens (including phenoxy) is 3. The minimum absolute atomic E-state index is 0.0839. The molecular formula is C14H21NO5. The average Bonchev–Trinajstić information content (AvgIpc) is 2.43. The van der Waals surface area contributed by atoms with Crippen LogP contribution in [0.4, 0.5) is 0 Å². The first-order chi connectivity index (χ1) is 9.65. The Labute approximate surface area is 118 Å². The minimum atomic E-state index is -0.453. The van der Waals surface area contributed by atoms with Crippen LogP contribution in [0, 0.1) is 6.92 Å². The molecule has 0 amide bonds. The number of carbonyl (C=O) groups is 1. The molecule has 0 atom stereocenters. The smallest absolute Gasteiger partial charge is 0.326 e. The number of aryl methyl sites for hydroxylation is 1. The van der Waals surface area contributed by atoms with Gasteiger partial charge in [0.1, 0.15) is 13.2 Å². The molecule has 0 saturated carbocycles. The van der Waals surface area contributed by atoms with Crippen molar-refractivity contribution in [2.75, 3.05) is 33.0 Å². The van der Waals surface area contributed by atoms with Crippen molar-refractivity contribution in [1.82, 2.24) is 4.57 Å². The van der Waals surface area contributed by atoms with E-state index in [9.17, 15) is 9.59 Å². The first-order valence-electron chi connectivity index (χ1n) is 6.62. The van der Waals surface area contributed by atoms with Crippen LogP contribution >= 0.6 is 0 Å². The second-order valence-electron chi connectivity index (χ2n) is 4.15. The molecule has 6 heteroatoms. The summed E-state index contributed by atoms with van der Waals surface area (Å²) in [5, 5.41) is 0. The van der Waals surface area contributed by atoms with E-state index >= 15 is 0 Å². The van der Waals surface area contributed by atoms with E-state index in [0.29, 0.717) is 32.0 Å².